The second-order valence-corrected chi connectivity index (χ2v) is 7.54. The quantitative estimate of drug-likeness (QED) is 0.363. The van der Waals surface area contributed by atoms with Gasteiger partial charge in [-0.1, -0.05) is 35.3 Å². The summed E-state index contributed by atoms with van der Waals surface area (Å²) in [7, 11) is 0. The second kappa shape index (κ2) is 8.42. The molecule has 0 aliphatic heterocycles. The van der Waals surface area contributed by atoms with Crippen LogP contribution in [0.15, 0.2) is 65.1 Å². The van der Waals surface area contributed by atoms with Gasteiger partial charge in [0.25, 0.3) is 5.91 Å². The lowest BCUT2D eigenvalue weighted by Gasteiger charge is -2.21. The van der Waals surface area contributed by atoms with E-state index in [-0.39, 0.29) is 24.5 Å². The van der Waals surface area contributed by atoms with Crippen molar-refractivity contribution < 1.29 is 18.0 Å². The number of carbonyl (C=O) groups excluding carboxylic acids is 1. The predicted octanol–water partition coefficient (Wildman–Crippen LogP) is 6.26. The Morgan fingerprint density at radius 1 is 0.933 bits per heavy atom. The number of hydrogen-bond acceptors (Lipinski definition) is 3. The van der Waals surface area contributed by atoms with E-state index in [0.717, 1.165) is 17.7 Å². The summed E-state index contributed by atoms with van der Waals surface area (Å²) in [5.41, 5.74) is 1.69. The maximum Gasteiger partial charge on any atom is 0.254 e. The zero-order valence-electron chi connectivity index (χ0n) is 15.4. The number of oxazole rings is 1. The predicted molar refractivity (Wildman–Crippen MR) is 110 cm³/mol. The topological polar surface area (TPSA) is 46.3 Å². The van der Waals surface area contributed by atoms with Gasteiger partial charge in [-0.3, -0.25) is 4.79 Å². The van der Waals surface area contributed by atoms with Gasteiger partial charge < -0.3 is 9.32 Å². The average Bonchev–Trinajstić information content (AvgIpc) is 3.07. The number of halogens is 4. The molecule has 0 aliphatic carbocycles. The molecule has 0 atom stereocenters. The fraction of sp³-hybridized carbons (Fsp3) is 0.0909. The third-order valence-electron chi connectivity index (χ3n) is 4.38. The van der Waals surface area contributed by atoms with Crippen LogP contribution in [-0.2, 0) is 13.1 Å². The van der Waals surface area contributed by atoms with E-state index < -0.39 is 17.5 Å². The molecule has 4 nitrogen and oxygen atoms in total. The molecule has 0 N–H and O–H groups in total. The number of amides is 1. The Kier molecular flexibility index (Phi) is 5.70. The zero-order chi connectivity index (χ0) is 21.3. The highest BCUT2D eigenvalue weighted by Gasteiger charge is 2.21. The summed E-state index contributed by atoms with van der Waals surface area (Å²) in [4.78, 5) is 18.8. The lowest BCUT2D eigenvalue weighted by molar-refractivity contribution is 0.0714. The lowest BCUT2D eigenvalue weighted by Crippen LogP contribution is -2.30. The minimum absolute atomic E-state index is 0.0181. The number of benzene rings is 3. The van der Waals surface area contributed by atoms with E-state index in [1.54, 1.807) is 42.5 Å². The van der Waals surface area contributed by atoms with Crippen molar-refractivity contribution in [2.45, 2.75) is 13.1 Å². The number of carbonyl (C=O) groups is 1. The summed E-state index contributed by atoms with van der Waals surface area (Å²) in [5, 5.41) is 1.01. The molecule has 0 fully saturated rings. The highest BCUT2D eigenvalue weighted by atomic mass is 35.5. The van der Waals surface area contributed by atoms with E-state index in [9.17, 15) is 13.6 Å². The summed E-state index contributed by atoms with van der Waals surface area (Å²) in [6.45, 7) is 0.118. The average molecular weight is 447 g/mol. The summed E-state index contributed by atoms with van der Waals surface area (Å²) < 4.78 is 33.0. The van der Waals surface area contributed by atoms with Crippen LogP contribution in [0.2, 0.25) is 10.0 Å². The maximum absolute atomic E-state index is 13.7. The third kappa shape index (κ3) is 4.61. The molecule has 0 aliphatic rings. The van der Waals surface area contributed by atoms with Crippen molar-refractivity contribution in [3.8, 4) is 0 Å². The molecule has 30 heavy (non-hydrogen) atoms. The molecule has 0 saturated carbocycles. The molecular weight excluding hydrogens is 433 g/mol. The van der Waals surface area contributed by atoms with Crippen molar-refractivity contribution in [1.82, 2.24) is 9.88 Å². The molecule has 8 heteroatoms. The first-order valence-corrected chi connectivity index (χ1v) is 9.68. The molecule has 0 bridgehead atoms. The minimum atomic E-state index is -0.836. The fourth-order valence-corrected chi connectivity index (χ4v) is 3.47. The van der Waals surface area contributed by atoms with Crippen LogP contribution < -0.4 is 0 Å². The van der Waals surface area contributed by atoms with Crippen LogP contribution in [0.4, 0.5) is 8.78 Å². The lowest BCUT2D eigenvalue weighted by atomic mass is 10.1. The maximum atomic E-state index is 13.7. The van der Waals surface area contributed by atoms with Crippen LogP contribution in [-0.4, -0.2) is 15.8 Å². The smallest absolute Gasteiger partial charge is 0.254 e. The van der Waals surface area contributed by atoms with E-state index in [1.807, 2.05) is 0 Å². The van der Waals surface area contributed by atoms with Crippen LogP contribution >= 0.6 is 23.2 Å². The molecule has 0 unspecified atom stereocenters. The number of fused-ring (bicyclic) bond motifs is 1. The van der Waals surface area contributed by atoms with Gasteiger partial charge in [0.15, 0.2) is 5.58 Å². The Morgan fingerprint density at radius 2 is 1.67 bits per heavy atom. The van der Waals surface area contributed by atoms with E-state index >= 15 is 0 Å². The Balaban J connectivity index is 1.69. The molecule has 4 rings (SSSR count). The normalized spacial score (nSPS) is 11.1. The van der Waals surface area contributed by atoms with Gasteiger partial charge in [0.1, 0.15) is 17.2 Å². The monoisotopic (exact) mass is 446 g/mol. The van der Waals surface area contributed by atoms with Gasteiger partial charge in [0.05, 0.1) is 6.54 Å². The Hall–Kier alpha value is -2.96. The SMILES string of the molecule is O=C(c1cc(F)cc(F)c1)N(Cc1cccc(Cl)c1)Cc1nc2cc(Cl)ccc2o1. The molecular formula is C22H14Cl2F2N2O2. The molecule has 1 heterocycles. The molecule has 1 aromatic heterocycles. The van der Waals surface area contributed by atoms with Crippen molar-refractivity contribution in [3.63, 3.8) is 0 Å². The number of nitrogens with zero attached hydrogens (tertiary/aromatic N) is 2. The van der Waals surface area contributed by atoms with Gasteiger partial charge in [-0.2, -0.15) is 0 Å². The van der Waals surface area contributed by atoms with Gasteiger partial charge in [0, 0.05) is 28.2 Å². The van der Waals surface area contributed by atoms with Crippen LogP contribution in [0.3, 0.4) is 0 Å². The van der Waals surface area contributed by atoms with Gasteiger partial charge in [0.2, 0.25) is 5.89 Å². The van der Waals surface area contributed by atoms with Gasteiger partial charge in [-0.05, 0) is 48.0 Å². The second-order valence-electron chi connectivity index (χ2n) is 6.67. The van der Waals surface area contributed by atoms with Gasteiger partial charge in [-0.15, -0.1) is 0 Å². The summed E-state index contributed by atoms with van der Waals surface area (Å²) >= 11 is 12.0. The molecule has 0 radical (unpaired) electrons. The van der Waals surface area contributed by atoms with E-state index in [2.05, 4.69) is 4.98 Å². The highest BCUT2D eigenvalue weighted by Crippen LogP contribution is 2.23. The van der Waals surface area contributed by atoms with Crippen LogP contribution in [0, 0.1) is 11.6 Å². The highest BCUT2D eigenvalue weighted by molar-refractivity contribution is 6.31. The van der Waals surface area contributed by atoms with Crippen molar-refractivity contribution in [3.05, 3.63) is 99.4 Å². The van der Waals surface area contributed by atoms with Crippen LogP contribution in [0.25, 0.3) is 11.1 Å². The summed E-state index contributed by atoms with van der Waals surface area (Å²) in [6.07, 6.45) is 0. The van der Waals surface area contributed by atoms with E-state index in [0.29, 0.717) is 27.2 Å². The first-order chi connectivity index (χ1) is 14.4. The largest absolute Gasteiger partial charge is 0.439 e. The van der Waals surface area contributed by atoms with Crippen molar-refractivity contribution in [2.24, 2.45) is 0 Å². The number of aromatic nitrogens is 1. The number of hydrogen-bond donors (Lipinski definition) is 0. The van der Waals surface area contributed by atoms with Crippen molar-refractivity contribution in [1.29, 1.82) is 0 Å². The number of rotatable bonds is 5. The molecule has 152 valence electrons. The minimum Gasteiger partial charge on any atom is -0.439 e. The summed E-state index contributed by atoms with van der Waals surface area (Å²) in [6, 6.07) is 14.7. The van der Waals surface area contributed by atoms with Crippen LogP contribution in [0.1, 0.15) is 21.8 Å². The third-order valence-corrected chi connectivity index (χ3v) is 4.85. The Labute approximate surface area is 180 Å². The van der Waals surface area contributed by atoms with E-state index in [4.69, 9.17) is 27.6 Å². The van der Waals surface area contributed by atoms with Gasteiger partial charge in [-0.25, -0.2) is 13.8 Å². The molecule has 4 aromatic rings. The van der Waals surface area contributed by atoms with Gasteiger partial charge >= 0.3 is 0 Å². The summed E-state index contributed by atoms with van der Waals surface area (Å²) in [5.74, 6) is -1.98. The zero-order valence-corrected chi connectivity index (χ0v) is 16.9. The standard InChI is InChI=1S/C22H14Cl2F2N2O2/c23-15-3-1-2-13(6-15)11-28(22(29)14-7-17(25)10-18(26)8-14)12-21-27-19-9-16(24)4-5-20(19)30-21/h1-10H,11-12H2. The van der Waals surface area contributed by atoms with Crippen LogP contribution in [0.5, 0.6) is 0 Å². The van der Waals surface area contributed by atoms with E-state index in [1.165, 1.54) is 4.90 Å². The molecule has 1 amide bonds. The Morgan fingerprint density at radius 3 is 2.40 bits per heavy atom. The molecule has 0 saturated heterocycles. The molecule has 0 spiro atoms. The first-order valence-electron chi connectivity index (χ1n) is 8.92. The fourth-order valence-electron chi connectivity index (χ4n) is 3.09. The van der Waals surface area contributed by atoms with Crippen molar-refractivity contribution in [2.75, 3.05) is 0 Å². The first kappa shape index (κ1) is 20.3. The Bertz CT molecular complexity index is 1220. The van der Waals surface area contributed by atoms with Crippen molar-refractivity contribution >= 4 is 40.2 Å². The molecule has 3 aromatic carbocycles.